The van der Waals surface area contributed by atoms with Crippen molar-refractivity contribution in [3.8, 4) is 0 Å². The lowest BCUT2D eigenvalue weighted by atomic mass is 9.80. The maximum absolute atomic E-state index is 12.0. The summed E-state index contributed by atoms with van der Waals surface area (Å²) in [4.78, 5) is 23.0. The van der Waals surface area contributed by atoms with Gasteiger partial charge in [-0.05, 0) is 24.7 Å². The van der Waals surface area contributed by atoms with E-state index in [1.54, 1.807) is 0 Å². The van der Waals surface area contributed by atoms with Crippen LogP contribution in [0.5, 0.6) is 0 Å². The summed E-state index contributed by atoms with van der Waals surface area (Å²) in [6, 6.07) is 0. The molecule has 0 aromatic rings. The average molecular weight is 252 g/mol. The van der Waals surface area contributed by atoms with Crippen molar-refractivity contribution in [1.82, 2.24) is 10.6 Å². The predicted octanol–water partition coefficient (Wildman–Crippen LogP) is 1.46. The molecule has 1 saturated heterocycles. The Morgan fingerprint density at radius 3 is 2.78 bits per heavy atom. The standard InChI is InChI=1S/C14H24N2O2/c1-10-4-2-3-5-11(10)8-16-14(18)12-6-7-13(17)15-9-12/h10-12H,2-9H2,1H3,(H,15,17)(H,16,18). The first kappa shape index (κ1) is 13.4. The average Bonchev–Trinajstić information content (AvgIpc) is 2.38. The van der Waals surface area contributed by atoms with Crippen LogP contribution in [0.4, 0.5) is 0 Å². The van der Waals surface area contributed by atoms with Crippen LogP contribution in [-0.4, -0.2) is 24.9 Å². The van der Waals surface area contributed by atoms with E-state index in [0.717, 1.165) is 12.5 Å². The van der Waals surface area contributed by atoms with Gasteiger partial charge in [-0.15, -0.1) is 0 Å². The molecule has 0 spiro atoms. The Balaban J connectivity index is 1.72. The first-order chi connectivity index (χ1) is 8.66. The number of amides is 2. The molecular formula is C14H24N2O2. The minimum absolute atomic E-state index is 0.0263. The molecule has 0 aromatic carbocycles. The molecule has 1 heterocycles. The SMILES string of the molecule is CC1CCCCC1CNC(=O)C1CCC(=O)NC1. The Labute approximate surface area is 109 Å². The van der Waals surface area contributed by atoms with Gasteiger partial charge in [-0.25, -0.2) is 0 Å². The van der Waals surface area contributed by atoms with E-state index < -0.39 is 0 Å². The molecule has 2 rings (SSSR count). The second-order valence-electron chi connectivity index (χ2n) is 5.81. The normalized spacial score (nSPS) is 32.7. The highest BCUT2D eigenvalue weighted by molar-refractivity contribution is 5.83. The van der Waals surface area contributed by atoms with E-state index in [1.807, 2.05) is 0 Å². The number of carbonyl (C=O) groups excluding carboxylic acids is 2. The predicted molar refractivity (Wildman–Crippen MR) is 69.9 cm³/mol. The lowest BCUT2D eigenvalue weighted by molar-refractivity contribution is -0.129. The zero-order valence-electron chi connectivity index (χ0n) is 11.2. The Morgan fingerprint density at radius 1 is 1.33 bits per heavy atom. The lowest BCUT2D eigenvalue weighted by Gasteiger charge is -2.30. The molecule has 2 N–H and O–H groups in total. The third-order valence-electron chi connectivity index (χ3n) is 4.46. The molecule has 2 fully saturated rings. The molecule has 0 radical (unpaired) electrons. The maximum Gasteiger partial charge on any atom is 0.224 e. The van der Waals surface area contributed by atoms with E-state index in [4.69, 9.17) is 0 Å². The van der Waals surface area contributed by atoms with Crippen molar-refractivity contribution >= 4 is 11.8 Å². The maximum atomic E-state index is 12.0. The quantitative estimate of drug-likeness (QED) is 0.799. The summed E-state index contributed by atoms with van der Waals surface area (Å²) < 4.78 is 0. The molecule has 3 unspecified atom stereocenters. The summed E-state index contributed by atoms with van der Waals surface area (Å²) in [5, 5.41) is 5.84. The van der Waals surface area contributed by atoms with Crippen LogP contribution in [0.2, 0.25) is 0 Å². The fourth-order valence-electron chi connectivity index (χ4n) is 3.03. The minimum atomic E-state index is -0.0263. The molecule has 1 aliphatic carbocycles. The molecule has 4 nitrogen and oxygen atoms in total. The van der Waals surface area contributed by atoms with E-state index in [2.05, 4.69) is 17.6 Å². The topological polar surface area (TPSA) is 58.2 Å². The van der Waals surface area contributed by atoms with Crippen LogP contribution in [-0.2, 0) is 9.59 Å². The van der Waals surface area contributed by atoms with Crippen molar-refractivity contribution in [2.45, 2.75) is 45.4 Å². The zero-order chi connectivity index (χ0) is 13.0. The van der Waals surface area contributed by atoms with Crippen molar-refractivity contribution in [2.75, 3.05) is 13.1 Å². The highest BCUT2D eigenvalue weighted by atomic mass is 16.2. The molecule has 1 saturated carbocycles. The number of nitrogens with one attached hydrogen (secondary N) is 2. The van der Waals surface area contributed by atoms with E-state index in [-0.39, 0.29) is 17.7 Å². The molecule has 0 aromatic heterocycles. The first-order valence-corrected chi connectivity index (χ1v) is 7.21. The van der Waals surface area contributed by atoms with Crippen molar-refractivity contribution in [2.24, 2.45) is 17.8 Å². The summed E-state index contributed by atoms with van der Waals surface area (Å²) in [6.07, 6.45) is 6.34. The Morgan fingerprint density at radius 2 is 2.11 bits per heavy atom. The van der Waals surface area contributed by atoms with Crippen LogP contribution in [0.15, 0.2) is 0 Å². The first-order valence-electron chi connectivity index (χ1n) is 7.21. The fraction of sp³-hybridized carbons (Fsp3) is 0.857. The monoisotopic (exact) mass is 252 g/mol. The summed E-state index contributed by atoms with van der Waals surface area (Å²) >= 11 is 0. The van der Waals surface area contributed by atoms with Gasteiger partial charge < -0.3 is 10.6 Å². The third-order valence-corrected chi connectivity index (χ3v) is 4.46. The Kier molecular flexibility index (Phi) is 4.61. The molecular weight excluding hydrogens is 228 g/mol. The summed E-state index contributed by atoms with van der Waals surface area (Å²) in [5.41, 5.74) is 0. The Bertz CT molecular complexity index is 307. The summed E-state index contributed by atoms with van der Waals surface area (Å²) in [5.74, 6) is 1.53. The smallest absolute Gasteiger partial charge is 0.224 e. The molecule has 2 amide bonds. The van der Waals surface area contributed by atoms with Crippen molar-refractivity contribution in [3.63, 3.8) is 0 Å². The fourth-order valence-corrected chi connectivity index (χ4v) is 3.03. The molecule has 2 aliphatic rings. The molecule has 4 heteroatoms. The van der Waals surface area contributed by atoms with Gasteiger partial charge in [-0.3, -0.25) is 9.59 Å². The molecule has 1 aliphatic heterocycles. The minimum Gasteiger partial charge on any atom is -0.356 e. The van der Waals surface area contributed by atoms with Gasteiger partial charge in [-0.1, -0.05) is 26.2 Å². The number of rotatable bonds is 3. The lowest BCUT2D eigenvalue weighted by Crippen LogP contribution is -2.44. The highest BCUT2D eigenvalue weighted by Gasteiger charge is 2.26. The second-order valence-corrected chi connectivity index (χ2v) is 5.81. The number of piperidine rings is 1. The van der Waals surface area contributed by atoms with Crippen molar-refractivity contribution in [1.29, 1.82) is 0 Å². The van der Waals surface area contributed by atoms with E-state index in [0.29, 0.717) is 25.3 Å². The van der Waals surface area contributed by atoms with Crippen LogP contribution < -0.4 is 10.6 Å². The third kappa shape index (κ3) is 3.47. The van der Waals surface area contributed by atoms with Crippen LogP contribution in [0, 0.1) is 17.8 Å². The number of carbonyl (C=O) groups is 2. The van der Waals surface area contributed by atoms with Crippen molar-refractivity contribution in [3.05, 3.63) is 0 Å². The van der Waals surface area contributed by atoms with Gasteiger partial charge in [0, 0.05) is 19.5 Å². The molecule has 0 bridgehead atoms. The van der Waals surface area contributed by atoms with Gasteiger partial charge in [0.1, 0.15) is 0 Å². The van der Waals surface area contributed by atoms with Crippen LogP contribution in [0.1, 0.15) is 45.4 Å². The van der Waals surface area contributed by atoms with Crippen LogP contribution in [0.25, 0.3) is 0 Å². The van der Waals surface area contributed by atoms with E-state index in [9.17, 15) is 9.59 Å². The van der Waals surface area contributed by atoms with Gasteiger partial charge in [0.25, 0.3) is 0 Å². The van der Waals surface area contributed by atoms with Crippen molar-refractivity contribution < 1.29 is 9.59 Å². The number of hydrogen-bond acceptors (Lipinski definition) is 2. The second kappa shape index (κ2) is 6.21. The van der Waals surface area contributed by atoms with Gasteiger partial charge in [0.2, 0.25) is 11.8 Å². The number of hydrogen-bond donors (Lipinski definition) is 2. The molecule has 102 valence electrons. The van der Waals surface area contributed by atoms with Gasteiger partial charge in [0.15, 0.2) is 0 Å². The van der Waals surface area contributed by atoms with E-state index >= 15 is 0 Å². The Hall–Kier alpha value is -1.06. The van der Waals surface area contributed by atoms with Gasteiger partial charge in [-0.2, -0.15) is 0 Å². The van der Waals surface area contributed by atoms with Gasteiger partial charge in [0.05, 0.1) is 5.92 Å². The molecule has 3 atom stereocenters. The van der Waals surface area contributed by atoms with Crippen LogP contribution >= 0.6 is 0 Å². The zero-order valence-corrected chi connectivity index (χ0v) is 11.2. The summed E-state index contributed by atoms with van der Waals surface area (Å²) in [7, 11) is 0. The molecule has 18 heavy (non-hydrogen) atoms. The highest BCUT2D eigenvalue weighted by Crippen LogP contribution is 2.28. The largest absolute Gasteiger partial charge is 0.356 e. The van der Waals surface area contributed by atoms with E-state index in [1.165, 1.54) is 25.7 Å². The summed E-state index contributed by atoms with van der Waals surface area (Å²) in [6.45, 7) is 3.60. The van der Waals surface area contributed by atoms with Crippen LogP contribution in [0.3, 0.4) is 0 Å². The van der Waals surface area contributed by atoms with Gasteiger partial charge >= 0.3 is 0 Å².